The molecule has 0 aliphatic heterocycles. The molecule has 6 N–H and O–H groups in total. The lowest BCUT2D eigenvalue weighted by atomic mass is 9.96. The van der Waals surface area contributed by atoms with Crippen molar-refractivity contribution in [2.45, 2.75) is 116 Å². The highest BCUT2D eigenvalue weighted by Gasteiger charge is 2.34. The number of nitrogens with one attached hydrogen (secondary N) is 5. The minimum Gasteiger partial charge on any atom is -0.480 e. The van der Waals surface area contributed by atoms with Crippen molar-refractivity contribution in [3.8, 4) is 0 Å². The minimum atomic E-state index is -4.21. The zero-order chi connectivity index (χ0) is 53.8. The molecule has 4 aromatic rings. The van der Waals surface area contributed by atoms with Gasteiger partial charge in [0.25, 0.3) is 0 Å². The first-order chi connectivity index (χ1) is 34.6. The number of aliphatic carboxylic acids is 1. The van der Waals surface area contributed by atoms with Gasteiger partial charge in [-0.15, -0.1) is 0 Å². The van der Waals surface area contributed by atoms with Crippen LogP contribution in [0.5, 0.6) is 0 Å². The van der Waals surface area contributed by atoms with Gasteiger partial charge in [0.15, 0.2) is 5.78 Å². The van der Waals surface area contributed by atoms with Crippen molar-refractivity contribution in [1.29, 1.82) is 0 Å². The molecule has 0 aromatic heterocycles. The van der Waals surface area contributed by atoms with E-state index < -0.39 is 76.3 Å². The molecule has 73 heavy (non-hydrogen) atoms. The third-order valence-electron chi connectivity index (χ3n) is 12.6. The molecule has 4 amide bonds. The van der Waals surface area contributed by atoms with Gasteiger partial charge in [-0.25, -0.2) is 13.1 Å². The smallest absolute Gasteiger partial charge is 0.325 e. The van der Waals surface area contributed by atoms with E-state index in [2.05, 4.69) is 45.1 Å². The number of benzene rings is 4. The average Bonchev–Trinajstić information content (AvgIpc) is 3.36. The van der Waals surface area contributed by atoms with Gasteiger partial charge in [-0.1, -0.05) is 136 Å². The number of thioether (sulfide) groups is 1. The van der Waals surface area contributed by atoms with Gasteiger partial charge in [0, 0.05) is 53.2 Å². The Bertz CT molecular complexity index is 2710. The topological polar surface area (TPSA) is 220 Å². The summed E-state index contributed by atoms with van der Waals surface area (Å²) in [6.45, 7) is 11.8. The van der Waals surface area contributed by atoms with Crippen molar-refractivity contribution in [3.05, 3.63) is 131 Å². The lowest BCUT2D eigenvalue weighted by Gasteiger charge is -2.29. The van der Waals surface area contributed by atoms with Gasteiger partial charge in [0.05, 0.1) is 11.4 Å². The zero-order valence-electron chi connectivity index (χ0n) is 43.6. The van der Waals surface area contributed by atoms with Crippen molar-refractivity contribution < 1.29 is 42.3 Å². The van der Waals surface area contributed by atoms with Gasteiger partial charge in [-0.2, -0.15) is 11.8 Å². The molecule has 0 heterocycles. The van der Waals surface area contributed by atoms with Crippen molar-refractivity contribution in [1.82, 2.24) is 26.0 Å². The van der Waals surface area contributed by atoms with E-state index in [9.17, 15) is 42.3 Å². The standard InChI is InChI=1S/C56H74N6O9S2/c1-10-39(6)51(55(67)58-40(7)56(68)69)61-54(66)50(36(2)3)60-53(65)46(59-49(63)34-57-73(70,71)48-27-17-24-44-45(48)25-16-26-47(44)62(8)9)35-72-33-32-38(5)19-14-18-37(4)20-15-21-41-28-30-43(31-29-41)52(64)42-22-12-11-13-23-42/h11-13,16-18,22-32,36,39-40,46,50-51,57H,10,14-15,19-21,33-35H2,1-9H3,(H,58,67)(H,59,63)(H,60,65)(H,61,66)(H,68,69)/b37-18+,38-32+/t39-,40-,46-,50-,51-/m0/s1. The quantitative estimate of drug-likeness (QED) is 0.0177. The lowest BCUT2D eigenvalue weighted by Crippen LogP contribution is -2.60. The lowest BCUT2D eigenvalue weighted by molar-refractivity contribution is -0.142. The summed E-state index contributed by atoms with van der Waals surface area (Å²) >= 11 is 1.38. The number of carboxylic acids is 1. The van der Waals surface area contributed by atoms with E-state index in [0.717, 1.165) is 43.4 Å². The molecule has 0 bridgehead atoms. The summed E-state index contributed by atoms with van der Waals surface area (Å²) in [4.78, 5) is 80.8. The molecule has 15 nitrogen and oxygen atoms in total. The number of sulfonamides is 1. The maximum Gasteiger partial charge on any atom is 0.325 e. The molecule has 394 valence electrons. The number of hydrogen-bond acceptors (Lipinski definition) is 10. The largest absolute Gasteiger partial charge is 0.480 e. The molecular weight excluding hydrogens is 965 g/mol. The van der Waals surface area contributed by atoms with E-state index in [-0.39, 0.29) is 22.3 Å². The molecule has 0 aliphatic rings. The fraction of sp³-hybridized carbons (Fsp3) is 0.429. The first kappa shape index (κ1) is 59.3. The molecule has 4 rings (SSSR count). The number of fused-ring (bicyclic) bond motifs is 1. The summed E-state index contributed by atoms with van der Waals surface area (Å²) in [5.41, 5.74) is 5.77. The third-order valence-corrected chi connectivity index (χ3v) is 15.1. The van der Waals surface area contributed by atoms with Crippen molar-refractivity contribution in [2.75, 3.05) is 37.0 Å². The van der Waals surface area contributed by atoms with Crippen LogP contribution in [-0.4, -0.2) is 105 Å². The number of carbonyl (C=O) groups is 6. The number of carboxylic acid groups (broad SMARTS) is 1. The number of hydrogen-bond donors (Lipinski definition) is 6. The van der Waals surface area contributed by atoms with Crippen LogP contribution in [0.15, 0.2) is 119 Å². The van der Waals surface area contributed by atoms with E-state index in [4.69, 9.17) is 0 Å². The van der Waals surface area contributed by atoms with Crippen LogP contribution in [0.25, 0.3) is 10.8 Å². The number of aryl methyl sites for hydroxylation is 1. The molecule has 0 radical (unpaired) electrons. The molecule has 17 heteroatoms. The van der Waals surface area contributed by atoms with Crippen molar-refractivity contribution in [3.63, 3.8) is 0 Å². The average molecular weight is 1040 g/mol. The van der Waals surface area contributed by atoms with Crippen LogP contribution >= 0.6 is 11.8 Å². The Labute approximate surface area is 435 Å². The Morgan fingerprint density at radius 3 is 1.96 bits per heavy atom. The highest BCUT2D eigenvalue weighted by atomic mass is 32.2. The van der Waals surface area contributed by atoms with Crippen LogP contribution in [0.4, 0.5) is 5.69 Å². The van der Waals surface area contributed by atoms with Crippen LogP contribution in [0.3, 0.4) is 0 Å². The third kappa shape index (κ3) is 18.3. The second-order valence-corrected chi connectivity index (χ2v) is 21.9. The minimum absolute atomic E-state index is 0.00933. The number of anilines is 1. The summed E-state index contributed by atoms with van der Waals surface area (Å²) in [5, 5.41) is 21.1. The van der Waals surface area contributed by atoms with Gasteiger partial charge < -0.3 is 31.3 Å². The van der Waals surface area contributed by atoms with Gasteiger partial charge in [0.2, 0.25) is 33.7 Å². The van der Waals surface area contributed by atoms with Crippen LogP contribution in [0.1, 0.15) is 102 Å². The summed E-state index contributed by atoms with van der Waals surface area (Å²) in [6.07, 6.45) is 9.27. The molecule has 0 unspecified atom stereocenters. The van der Waals surface area contributed by atoms with Crippen LogP contribution < -0.4 is 30.9 Å². The summed E-state index contributed by atoms with van der Waals surface area (Å²) in [6, 6.07) is 22.6. The van der Waals surface area contributed by atoms with Gasteiger partial charge in [0.1, 0.15) is 24.2 Å². The fourth-order valence-corrected chi connectivity index (χ4v) is 10.2. The number of nitrogens with zero attached hydrogens (tertiary/aromatic N) is 1. The maximum absolute atomic E-state index is 14.1. The Morgan fingerprint density at radius 2 is 1.32 bits per heavy atom. The van der Waals surface area contributed by atoms with E-state index in [1.54, 1.807) is 39.0 Å². The Balaban J connectivity index is 1.40. The second kappa shape index (κ2) is 28.8. The molecule has 0 spiro atoms. The van der Waals surface area contributed by atoms with Crippen molar-refractivity contribution in [2.24, 2.45) is 11.8 Å². The van der Waals surface area contributed by atoms with Crippen LogP contribution in [0.2, 0.25) is 0 Å². The van der Waals surface area contributed by atoms with E-state index in [1.165, 1.54) is 35.9 Å². The molecule has 0 saturated heterocycles. The molecular formula is C56H74N6O9S2. The van der Waals surface area contributed by atoms with Gasteiger partial charge >= 0.3 is 5.97 Å². The normalized spacial score (nSPS) is 14.1. The first-order valence-corrected chi connectivity index (χ1v) is 27.5. The number of ketones is 1. The van der Waals surface area contributed by atoms with Crippen molar-refractivity contribution >= 4 is 73.6 Å². The Kier molecular flexibility index (Phi) is 23.4. The molecule has 0 saturated carbocycles. The molecule has 0 fully saturated rings. The highest BCUT2D eigenvalue weighted by molar-refractivity contribution is 7.99. The first-order valence-electron chi connectivity index (χ1n) is 24.8. The zero-order valence-corrected chi connectivity index (χ0v) is 45.3. The molecule has 4 aromatic carbocycles. The monoisotopic (exact) mass is 1040 g/mol. The van der Waals surface area contributed by atoms with Gasteiger partial charge in [-0.3, -0.25) is 28.8 Å². The van der Waals surface area contributed by atoms with Gasteiger partial charge in [-0.05, 0) is 82.4 Å². The number of rotatable bonds is 29. The Morgan fingerprint density at radius 1 is 0.699 bits per heavy atom. The van der Waals surface area contributed by atoms with E-state index >= 15 is 0 Å². The van der Waals surface area contributed by atoms with Crippen LogP contribution in [-0.2, 0) is 40.4 Å². The fourth-order valence-electron chi connectivity index (χ4n) is 7.94. The molecule has 5 atom stereocenters. The predicted molar refractivity (Wildman–Crippen MR) is 292 cm³/mol. The van der Waals surface area contributed by atoms with Crippen LogP contribution in [0, 0.1) is 11.8 Å². The molecule has 0 aliphatic carbocycles. The number of allylic oxidation sites excluding steroid dienone is 3. The van der Waals surface area contributed by atoms with E-state index in [1.807, 2.05) is 99.6 Å². The number of carbonyl (C=O) groups excluding carboxylic acids is 5. The second-order valence-electron chi connectivity index (χ2n) is 19.1. The SMILES string of the molecule is CC[C@H](C)[C@H](NC(=O)[C@@H](NC(=O)[C@H](CSC/C=C(\C)CC/C=C(\C)CCCc1ccc(C(=O)c2ccccc2)cc1)NC(=O)CNS(=O)(=O)c1cccc2c(N(C)C)cccc12)C(C)C)C(=O)N[C@@H](C)C(=O)O. The summed E-state index contributed by atoms with van der Waals surface area (Å²) in [7, 11) is -0.496. The van der Waals surface area contributed by atoms with E-state index in [0.29, 0.717) is 34.1 Å². The maximum atomic E-state index is 14.1. The predicted octanol–water partition coefficient (Wildman–Crippen LogP) is 7.59. The Hall–Kier alpha value is -6.30. The number of amides is 4. The highest BCUT2D eigenvalue weighted by Crippen LogP contribution is 2.30. The summed E-state index contributed by atoms with van der Waals surface area (Å²) < 4.78 is 29.8. The summed E-state index contributed by atoms with van der Waals surface area (Å²) in [5.74, 6) is -4.33.